The highest BCUT2D eigenvalue weighted by atomic mass is 32.2. The van der Waals surface area contributed by atoms with Gasteiger partial charge in [-0.05, 0) is 23.3 Å². The number of amides is 2. The lowest BCUT2D eigenvalue weighted by molar-refractivity contribution is -0.150. The number of benzene rings is 1. The van der Waals surface area contributed by atoms with E-state index in [2.05, 4.69) is 15.6 Å². The number of β-lactam (4-membered cyclic amide) rings is 1. The largest absolute Gasteiger partial charge is 0.508 e. The number of nitrogens with one attached hydrogen (secondary N) is 1. The van der Waals surface area contributed by atoms with Crippen LogP contribution in [0.2, 0.25) is 0 Å². The number of hydrogen-bond donors (Lipinski definition) is 3. The third kappa shape index (κ3) is 4.39. The Labute approximate surface area is 185 Å². The third-order valence-corrected chi connectivity index (χ3v) is 7.16. The summed E-state index contributed by atoms with van der Waals surface area (Å²) < 4.78 is 1.56. The van der Waals surface area contributed by atoms with Gasteiger partial charge < -0.3 is 15.5 Å². The number of carbonyl (C=O) groups is 3. The number of phenolic OH excluding ortho intramolecular Hbond substituents is 1. The van der Waals surface area contributed by atoms with E-state index in [4.69, 9.17) is 0 Å². The van der Waals surface area contributed by atoms with Gasteiger partial charge in [-0.1, -0.05) is 29.1 Å². The molecule has 2 atom stereocenters. The van der Waals surface area contributed by atoms with Crippen molar-refractivity contribution in [3.05, 3.63) is 47.3 Å². The molecule has 0 radical (unpaired) electrons. The summed E-state index contributed by atoms with van der Waals surface area (Å²) in [6.07, 6.45) is 1.79. The Bertz CT molecular complexity index is 1070. The molecule has 1 saturated heterocycles. The summed E-state index contributed by atoms with van der Waals surface area (Å²) in [5, 5.41) is 29.8. The number of rotatable bonds is 7. The molecule has 2 amide bonds. The average Bonchev–Trinajstić information content (AvgIpc) is 3.16. The quantitative estimate of drug-likeness (QED) is 0.400. The van der Waals surface area contributed by atoms with E-state index in [1.54, 1.807) is 30.1 Å². The van der Waals surface area contributed by atoms with Crippen LogP contribution in [0.3, 0.4) is 0 Å². The van der Waals surface area contributed by atoms with Crippen LogP contribution < -0.4 is 5.32 Å². The first-order valence-electron chi connectivity index (χ1n) is 9.30. The smallest absolute Gasteiger partial charge is 0.352 e. The van der Waals surface area contributed by atoms with Crippen molar-refractivity contribution in [2.24, 2.45) is 7.05 Å². The van der Waals surface area contributed by atoms with Gasteiger partial charge in [-0.15, -0.1) is 16.9 Å². The van der Waals surface area contributed by atoms with Gasteiger partial charge >= 0.3 is 5.97 Å². The lowest BCUT2D eigenvalue weighted by Gasteiger charge is -2.49. The highest BCUT2D eigenvalue weighted by Crippen LogP contribution is 2.41. The maximum Gasteiger partial charge on any atom is 0.352 e. The van der Waals surface area contributed by atoms with Crippen molar-refractivity contribution in [3.63, 3.8) is 0 Å². The minimum atomic E-state index is -1.16. The zero-order chi connectivity index (χ0) is 22.1. The fraction of sp³-hybridized carbons (Fsp3) is 0.316. The number of carboxylic acid groups (broad SMARTS) is 1. The lowest BCUT2D eigenvalue weighted by Crippen LogP contribution is -2.70. The van der Waals surface area contributed by atoms with Crippen molar-refractivity contribution < 1.29 is 24.6 Å². The number of aromatic hydroxyl groups is 1. The number of hydrogen-bond acceptors (Lipinski definition) is 8. The Morgan fingerprint density at radius 3 is 2.71 bits per heavy atom. The van der Waals surface area contributed by atoms with Gasteiger partial charge in [-0.3, -0.25) is 19.2 Å². The van der Waals surface area contributed by atoms with Crippen molar-refractivity contribution >= 4 is 41.3 Å². The average molecular weight is 462 g/mol. The van der Waals surface area contributed by atoms with Crippen LogP contribution in [0.15, 0.2) is 46.8 Å². The van der Waals surface area contributed by atoms with Crippen LogP contribution in [0.25, 0.3) is 0 Å². The maximum atomic E-state index is 12.7. The number of nitrogens with zero attached hydrogens (tertiary/aromatic N) is 4. The van der Waals surface area contributed by atoms with Crippen LogP contribution in [-0.2, 0) is 27.9 Å². The zero-order valence-electron chi connectivity index (χ0n) is 16.4. The number of carboxylic acids is 1. The Balaban J connectivity index is 1.42. The Morgan fingerprint density at radius 2 is 2.06 bits per heavy atom. The zero-order valence-corrected chi connectivity index (χ0v) is 18.0. The molecule has 10 nitrogen and oxygen atoms in total. The predicted molar refractivity (Wildman–Crippen MR) is 113 cm³/mol. The Hall–Kier alpha value is -2.99. The molecule has 162 valence electrons. The summed E-state index contributed by atoms with van der Waals surface area (Å²) in [4.78, 5) is 38.2. The standard InChI is InChI=1S/C19H19N5O5S2/c1-23-7-14(21-22-23)30-8-11-9-31-18-15(17(27)24(18)16(11)19(28)29)20-13(26)6-10-2-4-12(25)5-3-10/h2-5,7,15,18,25H,6,8-9H2,1H3,(H,20,26)(H,28,29)/t15-,18?/m1/s1. The summed E-state index contributed by atoms with van der Waals surface area (Å²) in [5.74, 6) is -1.02. The molecule has 4 rings (SSSR count). The number of aromatic nitrogens is 3. The van der Waals surface area contributed by atoms with Gasteiger partial charge in [0.25, 0.3) is 5.91 Å². The summed E-state index contributed by atoms with van der Waals surface area (Å²) in [6.45, 7) is 0. The summed E-state index contributed by atoms with van der Waals surface area (Å²) in [6, 6.07) is 5.47. The summed E-state index contributed by atoms with van der Waals surface area (Å²) in [5.41, 5.74) is 1.31. The number of aliphatic carboxylic acids is 1. The summed E-state index contributed by atoms with van der Waals surface area (Å²) in [7, 11) is 1.74. The SMILES string of the molecule is Cn1cc(SCC2=C(C(=O)O)N3C(=O)[C@@H](NC(=O)Cc4ccc(O)cc4)C3SC2)nn1. The van der Waals surface area contributed by atoms with Gasteiger partial charge in [0, 0.05) is 18.6 Å². The van der Waals surface area contributed by atoms with E-state index in [0.717, 1.165) is 0 Å². The first kappa shape index (κ1) is 21.2. The van der Waals surface area contributed by atoms with E-state index < -0.39 is 23.3 Å². The van der Waals surface area contributed by atoms with E-state index in [0.29, 0.717) is 27.7 Å². The van der Waals surface area contributed by atoms with Gasteiger partial charge in [0.2, 0.25) is 5.91 Å². The Morgan fingerprint density at radius 1 is 1.32 bits per heavy atom. The normalized spacial score (nSPS) is 20.3. The summed E-state index contributed by atoms with van der Waals surface area (Å²) >= 11 is 2.78. The highest BCUT2D eigenvalue weighted by Gasteiger charge is 2.54. The van der Waals surface area contributed by atoms with Gasteiger partial charge in [-0.25, -0.2) is 4.79 Å². The molecule has 0 spiro atoms. The topological polar surface area (TPSA) is 138 Å². The van der Waals surface area contributed by atoms with E-state index in [-0.39, 0.29) is 23.8 Å². The second-order valence-corrected chi connectivity index (χ2v) is 9.18. The molecule has 2 aliphatic rings. The molecule has 0 saturated carbocycles. The van der Waals surface area contributed by atoms with Crippen LogP contribution >= 0.6 is 23.5 Å². The minimum Gasteiger partial charge on any atom is -0.508 e. The van der Waals surface area contributed by atoms with Crippen LogP contribution in [0.1, 0.15) is 5.56 Å². The number of phenols is 1. The van der Waals surface area contributed by atoms with Crippen molar-refractivity contribution in [2.75, 3.05) is 11.5 Å². The molecular formula is C19H19N5O5S2. The molecule has 3 N–H and O–H groups in total. The fourth-order valence-electron chi connectivity index (χ4n) is 3.37. The van der Waals surface area contributed by atoms with Crippen LogP contribution in [0, 0.1) is 0 Å². The van der Waals surface area contributed by atoms with E-state index in [9.17, 15) is 24.6 Å². The molecule has 1 aromatic heterocycles. The molecule has 2 aromatic rings. The van der Waals surface area contributed by atoms with Crippen molar-refractivity contribution in [1.29, 1.82) is 0 Å². The third-order valence-electron chi connectivity index (χ3n) is 4.84. The van der Waals surface area contributed by atoms with Gasteiger partial charge in [0.1, 0.15) is 27.9 Å². The van der Waals surface area contributed by atoms with E-state index >= 15 is 0 Å². The molecule has 12 heteroatoms. The van der Waals surface area contributed by atoms with Gasteiger partial charge in [-0.2, -0.15) is 0 Å². The molecule has 31 heavy (non-hydrogen) atoms. The first-order valence-corrected chi connectivity index (χ1v) is 11.3. The van der Waals surface area contributed by atoms with Crippen LogP contribution in [0.4, 0.5) is 0 Å². The molecule has 0 bridgehead atoms. The van der Waals surface area contributed by atoms with E-state index in [1.165, 1.54) is 40.6 Å². The number of aryl methyl sites for hydroxylation is 1. The second-order valence-electron chi connectivity index (χ2n) is 7.07. The van der Waals surface area contributed by atoms with Gasteiger partial charge in [0.15, 0.2) is 0 Å². The van der Waals surface area contributed by atoms with Crippen LogP contribution in [-0.4, -0.2) is 70.8 Å². The molecule has 0 aliphatic carbocycles. The van der Waals surface area contributed by atoms with E-state index in [1.807, 2.05) is 0 Å². The van der Waals surface area contributed by atoms with Gasteiger partial charge in [0.05, 0.1) is 12.6 Å². The fourth-order valence-corrected chi connectivity index (χ4v) is 5.73. The number of carbonyl (C=O) groups excluding carboxylic acids is 2. The van der Waals surface area contributed by atoms with Crippen LogP contribution in [0.5, 0.6) is 5.75 Å². The highest BCUT2D eigenvalue weighted by molar-refractivity contribution is 8.01. The Kier molecular flexibility index (Phi) is 5.92. The second kappa shape index (κ2) is 8.63. The molecule has 1 aromatic carbocycles. The lowest BCUT2D eigenvalue weighted by atomic mass is 10.0. The first-order chi connectivity index (χ1) is 14.8. The predicted octanol–water partition coefficient (Wildman–Crippen LogP) is 0.594. The van der Waals surface area contributed by atoms with Crippen molar-refractivity contribution in [2.45, 2.75) is 22.9 Å². The molecule has 2 aliphatic heterocycles. The molecule has 1 unspecified atom stereocenters. The molecule has 3 heterocycles. The van der Waals surface area contributed by atoms with Crippen molar-refractivity contribution in [3.8, 4) is 5.75 Å². The van der Waals surface area contributed by atoms with Crippen molar-refractivity contribution in [1.82, 2.24) is 25.2 Å². The monoisotopic (exact) mass is 461 g/mol. The molecular weight excluding hydrogens is 442 g/mol. The number of thioether (sulfide) groups is 2. The molecule has 1 fully saturated rings. The maximum absolute atomic E-state index is 12.7. The number of fused-ring (bicyclic) bond motifs is 1. The minimum absolute atomic E-state index is 0.0193.